The smallest absolute Gasteiger partial charge is 0.243 e. The van der Waals surface area contributed by atoms with E-state index >= 15 is 0 Å². The molecule has 1 fully saturated rings. The molecule has 0 atom stereocenters. The van der Waals surface area contributed by atoms with Crippen molar-refractivity contribution in [2.24, 2.45) is 0 Å². The maximum absolute atomic E-state index is 12.6. The van der Waals surface area contributed by atoms with E-state index in [1.165, 1.54) is 16.4 Å². The molecular weight excluding hydrogens is 412 g/mol. The Labute approximate surface area is 172 Å². The third kappa shape index (κ3) is 6.27. The third-order valence-corrected chi connectivity index (χ3v) is 7.94. The summed E-state index contributed by atoms with van der Waals surface area (Å²) in [6, 6.07) is 15.2. The van der Waals surface area contributed by atoms with Crippen LogP contribution in [0.1, 0.15) is 24.8 Å². The van der Waals surface area contributed by atoms with Gasteiger partial charge >= 0.3 is 0 Å². The Morgan fingerprint density at radius 3 is 2.17 bits per heavy atom. The van der Waals surface area contributed by atoms with E-state index in [4.69, 9.17) is 4.74 Å². The van der Waals surface area contributed by atoms with Crippen molar-refractivity contribution in [2.45, 2.75) is 29.9 Å². The Balaban J connectivity index is 1.48. The zero-order valence-corrected chi connectivity index (χ0v) is 17.8. The third-order valence-electron chi connectivity index (χ3n) is 4.67. The summed E-state index contributed by atoms with van der Waals surface area (Å²) in [4.78, 5) is 0.246. The highest BCUT2D eigenvalue weighted by Crippen LogP contribution is 2.22. The molecule has 1 saturated heterocycles. The largest absolute Gasteiger partial charge is 0.492 e. The molecule has 0 saturated carbocycles. The predicted molar refractivity (Wildman–Crippen MR) is 112 cm³/mol. The van der Waals surface area contributed by atoms with E-state index in [9.17, 15) is 16.8 Å². The second kappa shape index (κ2) is 9.71. The molecule has 158 valence electrons. The van der Waals surface area contributed by atoms with Crippen LogP contribution >= 0.6 is 0 Å². The molecule has 7 nitrogen and oxygen atoms in total. The van der Waals surface area contributed by atoms with E-state index in [-0.39, 0.29) is 23.8 Å². The minimum absolute atomic E-state index is 0.0864. The number of hydrogen-bond acceptors (Lipinski definition) is 5. The topological polar surface area (TPSA) is 92.8 Å². The van der Waals surface area contributed by atoms with E-state index in [1.54, 1.807) is 36.4 Å². The lowest BCUT2D eigenvalue weighted by molar-refractivity contribution is 0.322. The first kappa shape index (κ1) is 21.8. The van der Waals surface area contributed by atoms with Gasteiger partial charge in [-0.1, -0.05) is 36.8 Å². The maximum Gasteiger partial charge on any atom is 0.243 e. The lowest BCUT2D eigenvalue weighted by Crippen LogP contribution is -2.35. The number of nitrogens with zero attached hydrogens (tertiary/aromatic N) is 1. The quantitative estimate of drug-likeness (QED) is 0.607. The van der Waals surface area contributed by atoms with Crippen molar-refractivity contribution in [1.82, 2.24) is 9.03 Å². The number of sulfonamides is 2. The molecular formula is C20H26N2O5S2. The van der Waals surface area contributed by atoms with Gasteiger partial charge < -0.3 is 4.74 Å². The normalized spacial score (nSPS) is 15.9. The summed E-state index contributed by atoms with van der Waals surface area (Å²) >= 11 is 0. The minimum Gasteiger partial charge on any atom is -0.492 e. The van der Waals surface area contributed by atoms with Crippen molar-refractivity contribution in [2.75, 3.05) is 26.2 Å². The molecule has 2 aromatic carbocycles. The monoisotopic (exact) mass is 438 g/mol. The molecule has 0 aliphatic carbocycles. The Morgan fingerprint density at radius 1 is 0.862 bits per heavy atom. The fraction of sp³-hybridized carbons (Fsp3) is 0.400. The molecule has 0 radical (unpaired) electrons. The molecule has 3 rings (SSSR count). The predicted octanol–water partition coefficient (Wildman–Crippen LogP) is 2.36. The summed E-state index contributed by atoms with van der Waals surface area (Å²) in [5.41, 5.74) is 0.714. The Morgan fingerprint density at radius 2 is 1.52 bits per heavy atom. The van der Waals surface area contributed by atoms with Crippen LogP contribution in [0.25, 0.3) is 0 Å². The summed E-state index contributed by atoms with van der Waals surface area (Å²) in [5.74, 6) is 0.404. The summed E-state index contributed by atoms with van der Waals surface area (Å²) in [6.07, 6.45) is 2.84. The number of ether oxygens (including phenoxy) is 1. The van der Waals surface area contributed by atoms with Crippen LogP contribution in [0.5, 0.6) is 5.75 Å². The second-order valence-electron chi connectivity index (χ2n) is 6.92. The minimum atomic E-state index is -3.47. The van der Waals surface area contributed by atoms with Crippen molar-refractivity contribution in [1.29, 1.82) is 0 Å². The van der Waals surface area contributed by atoms with E-state index in [2.05, 4.69) is 4.72 Å². The Bertz CT molecular complexity index is 985. The van der Waals surface area contributed by atoms with Crippen molar-refractivity contribution < 1.29 is 21.6 Å². The lowest BCUT2D eigenvalue weighted by Gasteiger charge is -2.25. The molecule has 2 aromatic rings. The number of nitrogens with one attached hydrogen (secondary N) is 1. The zero-order chi connectivity index (χ0) is 20.7. The highest BCUT2D eigenvalue weighted by atomic mass is 32.2. The van der Waals surface area contributed by atoms with E-state index in [0.29, 0.717) is 24.4 Å². The SMILES string of the molecule is O=S(=O)(Cc1ccccc1)NCCOc1ccc(S(=O)(=O)N2CCCCC2)cc1. The van der Waals surface area contributed by atoms with Crippen LogP contribution in [-0.2, 0) is 25.8 Å². The van der Waals surface area contributed by atoms with Gasteiger partial charge in [0.2, 0.25) is 20.0 Å². The van der Waals surface area contributed by atoms with Crippen LogP contribution in [-0.4, -0.2) is 47.4 Å². The maximum atomic E-state index is 12.6. The van der Waals surface area contributed by atoms with E-state index in [0.717, 1.165) is 19.3 Å². The fourth-order valence-corrected chi connectivity index (χ4v) is 5.82. The van der Waals surface area contributed by atoms with E-state index in [1.807, 2.05) is 6.07 Å². The van der Waals surface area contributed by atoms with Gasteiger partial charge in [0.1, 0.15) is 12.4 Å². The van der Waals surface area contributed by atoms with Crippen LogP contribution in [0.2, 0.25) is 0 Å². The van der Waals surface area contributed by atoms with Crippen molar-refractivity contribution in [3.63, 3.8) is 0 Å². The molecule has 1 aliphatic heterocycles. The van der Waals surface area contributed by atoms with Crippen LogP contribution in [0, 0.1) is 0 Å². The molecule has 1 aliphatic rings. The molecule has 0 bridgehead atoms. The summed E-state index contributed by atoms with van der Waals surface area (Å²) in [5, 5.41) is 0. The second-order valence-corrected chi connectivity index (χ2v) is 10.7. The van der Waals surface area contributed by atoms with Gasteiger partial charge in [-0.15, -0.1) is 0 Å². The first-order chi connectivity index (χ1) is 13.9. The van der Waals surface area contributed by atoms with Crippen LogP contribution in [0.15, 0.2) is 59.5 Å². The van der Waals surface area contributed by atoms with Gasteiger partial charge in [0.15, 0.2) is 0 Å². The van der Waals surface area contributed by atoms with Gasteiger partial charge in [-0.25, -0.2) is 21.6 Å². The molecule has 0 unspecified atom stereocenters. The summed E-state index contributed by atoms with van der Waals surface area (Å²) < 4.78 is 59.0. The van der Waals surface area contributed by atoms with E-state index < -0.39 is 20.0 Å². The molecule has 29 heavy (non-hydrogen) atoms. The molecule has 0 aromatic heterocycles. The van der Waals surface area contributed by atoms with Crippen molar-refractivity contribution in [3.05, 3.63) is 60.2 Å². The molecule has 9 heteroatoms. The standard InChI is InChI=1S/C20H26N2O5S2/c23-28(24,17-18-7-3-1-4-8-18)21-13-16-27-19-9-11-20(12-10-19)29(25,26)22-14-5-2-6-15-22/h1,3-4,7-12,21H,2,5-6,13-17H2. The highest BCUT2D eigenvalue weighted by Gasteiger charge is 2.25. The zero-order valence-electron chi connectivity index (χ0n) is 16.2. The Kier molecular flexibility index (Phi) is 7.28. The van der Waals surface area contributed by atoms with Gasteiger partial charge in [-0.05, 0) is 42.7 Å². The fourth-order valence-electron chi connectivity index (χ4n) is 3.17. The number of piperidine rings is 1. The molecule has 1 heterocycles. The van der Waals surface area contributed by atoms with Gasteiger partial charge in [-0.3, -0.25) is 0 Å². The van der Waals surface area contributed by atoms with Crippen LogP contribution in [0.3, 0.4) is 0 Å². The molecule has 1 N–H and O–H groups in total. The summed E-state index contributed by atoms with van der Waals surface area (Å²) in [6.45, 7) is 1.39. The van der Waals surface area contributed by atoms with Gasteiger partial charge in [0, 0.05) is 19.6 Å². The Hall–Kier alpha value is -1.94. The average molecular weight is 439 g/mol. The lowest BCUT2D eigenvalue weighted by atomic mass is 10.2. The summed E-state index contributed by atoms with van der Waals surface area (Å²) in [7, 11) is -6.91. The van der Waals surface area contributed by atoms with Crippen molar-refractivity contribution in [3.8, 4) is 5.75 Å². The van der Waals surface area contributed by atoms with Gasteiger partial charge in [0.25, 0.3) is 0 Å². The molecule has 0 spiro atoms. The van der Waals surface area contributed by atoms with Gasteiger partial charge in [-0.2, -0.15) is 4.31 Å². The first-order valence-electron chi connectivity index (χ1n) is 9.61. The average Bonchev–Trinajstić information content (AvgIpc) is 2.73. The van der Waals surface area contributed by atoms with Crippen LogP contribution in [0.4, 0.5) is 0 Å². The van der Waals surface area contributed by atoms with Crippen LogP contribution < -0.4 is 9.46 Å². The van der Waals surface area contributed by atoms with Crippen molar-refractivity contribution >= 4 is 20.0 Å². The number of hydrogen-bond donors (Lipinski definition) is 1. The van der Waals surface area contributed by atoms with Gasteiger partial charge in [0.05, 0.1) is 10.6 Å². The molecule has 0 amide bonds. The number of benzene rings is 2. The number of rotatable bonds is 9. The first-order valence-corrected chi connectivity index (χ1v) is 12.7. The highest BCUT2D eigenvalue weighted by molar-refractivity contribution is 7.89.